The third kappa shape index (κ3) is 4.33. The first-order valence-corrected chi connectivity index (χ1v) is 6.80. The number of hydrogen-bond acceptors (Lipinski definition) is 3. The fraction of sp³-hybridized carbons (Fsp3) is 0.533. The van der Waals surface area contributed by atoms with Gasteiger partial charge in [-0.2, -0.15) is 0 Å². The zero-order valence-electron chi connectivity index (χ0n) is 12.5. The van der Waals surface area contributed by atoms with Crippen LogP contribution in [-0.2, 0) is 0 Å². The number of carboxylic acid groups (broad SMARTS) is 1. The molecule has 0 aromatic carbocycles. The predicted octanol–water partition coefficient (Wildman–Crippen LogP) is 2.53. The minimum atomic E-state index is -1.13. The summed E-state index contributed by atoms with van der Waals surface area (Å²) in [5.74, 6) is -0.815. The Labute approximate surface area is 119 Å². The van der Waals surface area contributed by atoms with Gasteiger partial charge < -0.3 is 10.0 Å². The van der Waals surface area contributed by atoms with Crippen LogP contribution < -0.4 is 0 Å². The van der Waals surface area contributed by atoms with E-state index in [1.807, 2.05) is 27.7 Å². The lowest BCUT2D eigenvalue weighted by molar-refractivity contribution is 0.0659. The number of carbonyl (C=O) groups excluding carboxylic acids is 1. The molecule has 0 atom stereocenters. The highest BCUT2D eigenvalue weighted by atomic mass is 16.4. The zero-order chi connectivity index (χ0) is 15.3. The predicted molar refractivity (Wildman–Crippen MR) is 76.8 cm³/mol. The molecule has 1 aromatic rings. The number of aromatic carboxylic acids is 1. The number of hydrogen-bond donors (Lipinski definition) is 1. The zero-order valence-corrected chi connectivity index (χ0v) is 12.5. The number of carbonyl (C=O) groups is 2. The average Bonchev–Trinajstić information content (AvgIpc) is 2.36. The van der Waals surface area contributed by atoms with Gasteiger partial charge in [0.1, 0.15) is 5.69 Å². The lowest BCUT2D eigenvalue weighted by Gasteiger charge is -2.26. The number of pyridine rings is 1. The molecule has 1 amide bonds. The standard InChI is InChI=1S/C15H22N2O3/c1-10(2)8-17(9-11(3)4)14(18)13-12(15(19)20)6-5-7-16-13/h5-7,10-11H,8-9H2,1-4H3,(H,19,20). The first kappa shape index (κ1) is 16.1. The quantitative estimate of drug-likeness (QED) is 0.868. The van der Waals surface area contributed by atoms with Gasteiger partial charge in [0, 0.05) is 19.3 Å². The maximum absolute atomic E-state index is 12.5. The molecule has 0 bridgehead atoms. The van der Waals surface area contributed by atoms with Crippen LogP contribution >= 0.6 is 0 Å². The second-order valence-corrected chi connectivity index (χ2v) is 5.70. The maximum Gasteiger partial charge on any atom is 0.338 e. The number of rotatable bonds is 6. The molecule has 0 saturated heterocycles. The first-order chi connectivity index (χ1) is 9.32. The molecule has 0 aliphatic heterocycles. The molecule has 1 heterocycles. The Morgan fingerprint density at radius 1 is 1.20 bits per heavy atom. The van der Waals surface area contributed by atoms with Crippen molar-refractivity contribution in [2.45, 2.75) is 27.7 Å². The normalized spacial score (nSPS) is 10.9. The summed E-state index contributed by atoms with van der Waals surface area (Å²) in [4.78, 5) is 29.4. The molecule has 0 aliphatic carbocycles. The summed E-state index contributed by atoms with van der Waals surface area (Å²) in [6, 6.07) is 2.93. The van der Waals surface area contributed by atoms with Crippen molar-refractivity contribution in [3.05, 3.63) is 29.6 Å². The van der Waals surface area contributed by atoms with Gasteiger partial charge in [0.05, 0.1) is 5.56 Å². The molecule has 5 nitrogen and oxygen atoms in total. The molecule has 0 saturated carbocycles. The number of nitrogens with zero attached hydrogens (tertiary/aromatic N) is 2. The van der Waals surface area contributed by atoms with Crippen LogP contribution in [0.1, 0.15) is 48.5 Å². The van der Waals surface area contributed by atoms with Crippen molar-refractivity contribution in [3.8, 4) is 0 Å². The van der Waals surface area contributed by atoms with Crippen molar-refractivity contribution in [2.24, 2.45) is 11.8 Å². The highest BCUT2D eigenvalue weighted by Gasteiger charge is 2.24. The van der Waals surface area contributed by atoms with Crippen LogP contribution in [0.3, 0.4) is 0 Å². The molecule has 5 heteroatoms. The Hall–Kier alpha value is -1.91. The smallest absolute Gasteiger partial charge is 0.338 e. The molecule has 1 aromatic heterocycles. The van der Waals surface area contributed by atoms with Crippen molar-refractivity contribution >= 4 is 11.9 Å². The minimum absolute atomic E-state index is 0.0151. The van der Waals surface area contributed by atoms with E-state index in [4.69, 9.17) is 5.11 Å². The molecular formula is C15H22N2O3. The van der Waals surface area contributed by atoms with Crippen molar-refractivity contribution < 1.29 is 14.7 Å². The van der Waals surface area contributed by atoms with E-state index >= 15 is 0 Å². The lowest BCUT2D eigenvalue weighted by atomic mass is 10.1. The van der Waals surface area contributed by atoms with E-state index in [1.165, 1.54) is 18.3 Å². The van der Waals surface area contributed by atoms with Crippen LogP contribution in [0.5, 0.6) is 0 Å². The van der Waals surface area contributed by atoms with Crippen LogP contribution in [0.15, 0.2) is 18.3 Å². The summed E-state index contributed by atoms with van der Waals surface area (Å²) in [5.41, 5.74) is -0.0312. The Balaban J connectivity index is 3.08. The molecule has 0 radical (unpaired) electrons. The maximum atomic E-state index is 12.5. The summed E-state index contributed by atoms with van der Waals surface area (Å²) in [6.45, 7) is 9.28. The average molecular weight is 278 g/mol. The summed E-state index contributed by atoms with van der Waals surface area (Å²) >= 11 is 0. The Bertz CT molecular complexity index is 474. The molecule has 0 spiro atoms. The van der Waals surface area contributed by atoms with Crippen LogP contribution in [-0.4, -0.2) is 40.0 Å². The van der Waals surface area contributed by atoms with E-state index < -0.39 is 5.97 Å². The van der Waals surface area contributed by atoms with Gasteiger partial charge in [-0.05, 0) is 24.0 Å². The largest absolute Gasteiger partial charge is 0.478 e. The fourth-order valence-electron chi connectivity index (χ4n) is 2.02. The van der Waals surface area contributed by atoms with E-state index in [-0.39, 0.29) is 17.2 Å². The number of carboxylic acids is 1. The highest BCUT2D eigenvalue weighted by molar-refractivity contribution is 6.03. The van der Waals surface area contributed by atoms with Crippen molar-refractivity contribution in [3.63, 3.8) is 0 Å². The van der Waals surface area contributed by atoms with E-state index in [9.17, 15) is 9.59 Å². The first-order valence-electron chi connectivity index (χ1n) is 6.80. The SMILES string of the molecule is CC(C)CN(CC(C)C)C(=O)c1ncccc1C(=O)O. The van der Waals surface area contributed by atoms with Crippen molar-refractivity contribution in [1.29, 1.82) is 0 Å². The van der Waals surface area contributed by atoms with Crippen molar-refractivity contribution in [2.75, 3.05) is 13.1 Å². The Morgan fingerprint density at radius 3 is 2.20 bits per heavy atom. The van der Waals surface area contributed by atoms with E-state index in [0.717, 1.165) is 0 Å². The molecule has 110 valence electrons. The molecule has 20 heavy (non-hydrogen) atoms. The monoisotopic (exact) mass is 278 g/mol. The number of aromatic nitrogens is 1. The second-order valence-electron chi connectivity index (χ2n) is 5.70. The Kier molecular flexibility index (Phi) is 5.67. The van der Waals surface area contributed by atoms with Gasteiger partial charge in [-0.25, -0.2) is 4.79 Å². The van der Waals surface area contributed by atoms with Gasteiger partial charge in [0.25, 0.3) is 5.91 Å². The number of amides is 1. The van der Waals surface area contributed by atoms with Gasteiger partial charge in [0.2, 0.25) is 0 Å². The molecule has 1 rings (SSSR count). The summed E-state index contributed by atoms with van der Waals surface area (Å²) in [5, 5.41) is 9.15. The minimum Gasteiger partial charge on any atom is -0.478 e. The highest BCUT2D eigenvalue weighted by Crippen LogP contribution is 2.12. The van der Waals surface area contributed by atoms with Gasteiger partial charge in [0.15, 0.2) is 0 Å². The van der Waals surface area contributed by atoms with E-state index in [2.05, 4.69) is 4.98 Å². The molecular weight excluding hydrogens is 256 g/mol. The van der Waals surface area contributed by atoms with Crippen LogP contribution in [0.25, 0.3) is 0 Å². The topological polar surface area (TPSA) is 70.5 Å². The third-order valence-electron chi connectivity index (χ3n) is 2.70. The van der Waals surface area contributed by atoms with Crippen LogP contribution in [0.4, 0.5) is 0 Å². The summed E-state index contributed by atoms with van der Waals surface area (Å²) in [7, 11) is 0. The van der Waals surface area contributed by atoms with Crippen LogP contribution in [0, 0.1) is 11.8 Å². The second kappa shape index (κ2) is 7.03. The van der Waals surface area contributed by atoms with Gasteiger partial charge >= 0.3 is 5.97 Å². The van der Waals surface area contributed by atoms with Gasteiger partial charge in [-0.3, -0.25) is 9.78 Å². The summed E-state index contributed by atoms with van der Waals surface area (Å²) < 4.78 is 0. The molecule has 0 unspecified atom stereocenters. The molecule has 0 fully saturated rings. The van der Waals surface area contributed by atoms with Crippen molar-refractivity contribution in [1.82, 2.24) is 9.88 Å². The lowest BCUT2D eigenvalue weighted by Crippen LogP contribution is -2.38. The fourth-order valence-corrected chi connectivity index (χ4v) is 2.02. The molecule has 0 aliphatic rings. The Morgan fingerprint density at radius 2 is 1.75 bits per heavy atom. The van der Waals surface area contributed by atoms with E-state index in [0.29, 0.717) is 24.9 Å². The molecule has 1 N–H and O–H groups in total. The van der Waals surface area contributed by atoms with Gasteiger partial charge in [-0.15, -0.1) is 0 Å². The third-order valence-corrected chi connectivity index (χ3v) is 2.70. The van der Waals surface area contributed by atoms with Gasteiger partial charge in [-0.1, -0.05) is 27.7 Å². The van der Waals surface area contributed by atoms with E-state index in [1.54, 1.807) is 4.90 Å². The van der Waals surface area contributed by atoms with Crippen LogP contribution in [0.2, 0.25) is 0 Å². The summed E-state index contributed by atoms with van der Waals surface area (Å²) in [6.07, 6.45) is 1.45.